The molecule has 0 saturated carbocycles. The number of hydrogen-bond acceptors (Lipinski definition) is 2. The monoisotopic (exact) mass is 353 g/mol. The molecule has 2 rings (SSSR count). The summed E-state index contributed by atoms with van der Waals surface area (Å²) in [5.74, 6) is 0.857. The van der Waals surface area contributed by atoms with Crippen molar-refractivity contribution in [3.8, 4) is 5.75 Å². The minimum absolute atomic E-state index is 0.0875. The molecule has 2 N–H and O–H groups in total. The van der Waals surface area contributed by atoms with Gasteiger partial charge in [-0.15, -0.1) is 0 Å². The minimum atomic E-state index is -0.0875. The summed E-state index contributed by atoms with van der Waals surface area (Å²) in [5, 5.41) is 0.735. The first kappa shape index (κ1) is 15.4. The van der Waals surface area contributed by atoms with Gasteiger partial charge in [0.1, 0.15) is 5.75 Å². The fraction of sp³-hybridized carbons (Fsp3) is 0.250. The van der Waals surface area contributed by atoms with Gasteiger partial charge in [0.2, 0.25) is 0 Å². The molecule has 2 aromatic rings. The van der Waals surface area contributed by atoms with Gasteiger partial charge in [0.15, 0.2) is 0 Å². The van der Waals surface area contributed by atoms with Crippen molar-refractivity contribution < 1.29 is 4.74 Å². The molecule has 0 aliphatic rings. The predicted octanol–water partition coefficient (Wildman–Crippen LogP) is 4.66. The highest BCUT2D eigenvalue weighted by Gasteiger charge is 2.13. The minimum Gasteiger partial charge on any atom is -0.496 e. The molecule has 0 fully saturated rings. The average Bonchev–Trinajstić information content (AvgIpc) is 2.38. The van der Waals surface area contributed by atoms with Crippen molar-refractivity contribution in [3.05, 3.63) is 62.6 Å². The Bertz CT molecular complexity index is 615. The number of ether oxygens (including phenoxy) is 1. The van der Waals surface area contributed by atoms with Crippen LogP contribution in [-0.4, -0.2) is 7.11 Å². The molecular weight excluding hydrogens is 338 g/mol. The van der Waals surface area contributed by atoms with Crippen molar-refractivity contribution in [1.29, 1.82) is 0 Å². The third kappa shape index (κ3) is 3.54. The van der Waals surface area contributed by atoms with Crippen molar-refractivity contribution in [2.75, 3.05) is 7.11 Å². The molecule has 2 aromatic carbocycles. The standard InChI is InChI=1S/C16H17BrClNO/c1-10-7-13(18)4-5-14(10)15(19)9-11-8-12(17)3-6-16(11)20-2/h3-8,15H,9,19H2,1-2H3. The van der Waals surface area contributed by atoms with E-state index < -0.39 is 0 Å². The number of rotatable bonds is 4. The Balaban J connectivity index is 2.27. The lowest BCUT2D eigenvalue weighted by Gasteiger charge is -2.17. The van der Waals surface area contributed by atoms with Gasteiger partial charge in [-0.3, -0.25) is 0 Å². The molecule has 0 aliphatic heterocycles. The first-order valence-electron chi connectivity index (χ1n) is 6.35. The molecule has 1 unspecified atom stereocenters. The largest absolute Gasteiger partial charge is 0.496 e. The van der Waals surface area contributed by atoms with Crippen LogP contribution in [0.1, 0.15) is 22.7 Å². The normalized spacial score (nSPS) is 12.2. The first-order chi connectivity index (χ1) is 9.51. The quantitative estimate of drug-likeness (QED) is 0.866. The van der Waals surface area contributed by atoms with Gasteiger partial charge in [-0.2, -0.15) is 0 Å². The molecule has 20 heavy (non-hydrogen) atoms. The van der Waals surface area contributed by atoms with E-state index in [1.165, 1.54) is 0 Å². The van der Waals surface area contributed by atoms with Crippen LogP contribution in [0.4, 0.5) is 0 Å². The van der Waals surface area contributed by atoms with Crippen LogP contribution in [0, 0.1) is 6.92 Å². The molecular formula is C16H17BrClNO. The van der Waals surface area contributed by atoms with Crippen LogP contribution in [0.25, 0.3) is 0 Å². The highest BCUT2D eigenvalue weighted by molar-refractivity contribution is 9.10. The number of halogens is 2. The van der Waals surface area contributed by atoms with E-state index in [0.717, 1.165) is 31.9 Å². The number of methoxy groups -OCH3 is 1. The summed E-state index contributed by atoms with van der Waals surface area (Å²) in [6, 6.07) is 11.7. The molecule has 1 atom stereocenters. The Morgan fingerprint density at radius 2 is 2.00 bits per heavy atom. The Morgan fingerprint density at radius 3 is 2.65 bits per heavy atom. The van der Waals surface area contributed by atoms with E-state index in [1.54, 1.807) is 7.11 Å². The first-order valence-corrected chi connectivity index (χ1v) is 7.52. The molecule has 0 radical (unpaired) electrons. The van der Waals surface area contributed by atoms with E-state index in [9.17, 15) is 0 Å². The highest BCUT2D eigenvalue weighted by atomic mass is 79.9. The lowest BCUT2D eigenvalue weighted by molar-refractivity contribution is 0.408. The molecule has 0 bridgehead atoms. The molecule has 4 heteroatoms. The molecule has 0 heterocycles. The molecule has 2 nitrogen and oxygen atoms in total. The summed E-state index contributed by atoms with van der Waals surface area (Å²) in [6.07, 6.45) is 0.713. The van der Waals surface area contributed by atoms with Crippen molar-refractivity contribution in [1.82, 2.24) is 0 Å². The number of benzene rings is 2. The Morgan fingerprint density at radius 1 is 1.25 bits per heavy atom. The number of aryl methyl sites for hydroxylation is 1. The van der Waals surface area contributed by atoms with Crippen LogP contribution >= 0.6 is 27.5 Å². The van der Waals surface area contributed by atoms with Gasteiger partial charge in [0.05, 0.1) is 7.11 Å². The number of nitrogens with two attached hydrogens (primary N) is 1. The van der Waals surface area contributed by atoms with Gasteiger partial charge in [0, 0.05) is 15.5 Å². The highest BCUT2D eigenvalue weighted by Crippen LogP contribution is 2.28. The molecule has 106 valence electrons. The SMILES string of the molecule is COc1ccc(Br)cc1CC(N)c1ccc(Cl)cc1C. The van der Waals surface area contributed by atoms with Gasteiger partial charge in [-0.05, 0) is 60.4 Å². The molecule has 0 spiro atoms. The zero-order valence-electron chi connectivity index (χ0n) is 11.5. The van der Waals surface area contributed by atoms with Crippen LogP contribution < -0.4 is 10.5 Å². The third-order valence-corrected chi connectivity index (χ3v) is 4.04. The van der Waals surface area contributed by atoms with Gasteiger partial charge >= 0.3 is 0 Å². The second-order valence-corrected chi connectivity index (χ2v) is 6.12. The zero-order chi connectivity index (χ0) is 14.7. The summed E-state index contributed by atoms with van der Waals surface area (Å²) >= 11 is 9.47. The Labute approximate surface area is 133 Å². The van der Waals surface area contributed by atoms with Crippen LogP contribution in [0.5, 0.6) is 5.75 Å². The maximum absolute atomic E-state index is 6.34. The van der Waals surface area contributed by atoms with Gasteiger partial charge in [-0.25, -0.2) is 0 Å². The smallest absolute Gasteiger partial charge is 0.122 e. The summed E-state index contributed by atoms with van der Waals surface area (Å²) in [6.45, 7) is 2.03. The van der Waals surface area contributed by atoms with E-state index in [1.807, 2.05) is 43.3 Å². The van der Waals surface area contributed by atoms with Crippen molar-refractivity contribution in [3.63, 3.8) is 0 Å². The number of hydrogen-bond donors (Lipinski definition) is 1. The average molecular weight is 355 g/mol. The van der Waals surface area contributed by atoms with E-state index in [0.29, 0.717) is 6.42 Å². The molecule has 0 aliphatic carbocycles. The molecule has 0 saturated heterocycles. The maximum Gasteiger partial charge on any atom is 0.122 e. The second kappa shape index (κ2) is 6.61. The van der Waals surface area contributed by atoms with E-state index >= 15 is 0 Å². The molecule has 0 aromatic heterocycles. The summed E-state index contributed by atoms with van der Waals surface area (Å²) in [7, 11) is 1.67. The van der Waals surface area contributed by atoms with Gasteiger partial charge in [-0.1, -0.05) is 33.6 Å². The zero-order valence-corrected chi connectivity index (χ0v) is 13.8. The lowest BCUT2D eigenvalue weighted by atomic mass is 9.96. The van der Waals surface area contributed by atoms with E-state index in [2.05, 4.69) is 15.9 Å². The van der Waals surface area contributed by atoms with Crippen LogP contribution in [0.3, 0.4) is 0 Å². The van der Waals surface area contributed by atoms with Crippen LogP contribution in [-0.2, 0) is 6.42 Å². The Hall–Kier alpha value is -1.03. The molecule has 0 amide bonds. The van der Waals surface area contributed by atoms with E-state index in [4.69, 9.17) is 22.1 Å². The van der Waals surface area contributed by atoms with Crippen molar-refractivity contribution in [2.24, 2.45) is 5.73 Å². The van der Waals surface area contributed by atoms with Crippen LogP contribution in [0.15, 0.2) is 40.9 Å². The maximum atomic E-state index is 6.34. The Kier molecular flexibility index (Phi) is 5.08. The predicted molar refractivity (Wildman–Crippen MR) is 87.5 cm³/mol. The van der Waals surface area contributed by atoms with E-state index in [-0.39, 0.29) is 6.04 Å². The fourth-order valence-electron chi connectivity index (χ4n) is 2.31. The summed E-state index contributed by atoms with van der Waals surface area (Å²) in [5.41, 5.74) is 9.64. The van der Waals surface area contributed by atoms with Gasteiger partial charge in [0.25, 0.3) is 0 Å². The lowest BCUT2D eigenvalue weighted by Crippen LogP contribution is -2.15. The summed E-state index contributed by atoms with van der Waals surface area (Å²) < 4.78 is 6.41. The summed E-state index contributed by atoms with van der Waals surface area (Å²) in [4.78, 5) is 0. The van der Waals surface area contributed by atoms with Gasteiger partial charge < -0.3 is 10.5 Å². The van der Waals surface area contributed by atoms with Crippen molar-refractivity contribution >= 4 is 27.5 Å². The van der Waals surface area contributed by atoms with Crippen LogP contribution in [0.2, 0.25) is 5.02 Å². The second-order valence-electron chi connectivity index (χ2n) is 4.77. The van der Waals surface area contributed by atoms with Crippen molar-refractivity contribution in [2.45, 2.75) is 19.4 Å². The fourth-order valence-corrected chi connectivity index (χ4v) is 2.94. The third-order valence-electron chi connectivity index (χ3n) is 3.31. The topological polar surface area (TPSA) is 35.2 Å².